The molecule has 2 aliphatic rings. The maximum absolute atomic E-state index is 12.7. The molecule has 0 bridgehead atoms. The van der Waals surface area contributed by atoms with Crippen LogP contribution in [-0.2, 0) is 16.0 Å². The molecular weight excluding hydrogens is 338 g/mol. The Morgan fingerprint density at radius 2 is 2.31 bits per heavy atom. The number of rotatable bonds is 3. The first-order chi connectivity index (χ1) is 12.7. The third-order valence-electron chi connectivity index (χ3n) is 4.91. The number of aromatic nitrogens is 2. The maximum atomic E-state index is 12.7. The first kappa shape index (κ1) is 17.0. The highest BCUT2D eigenvalue weighted by atomic mass is 16.6. The van der Waals surface area contributed by atoms with Crippen molar-refractivity contribution in [3.8, 4) is 0 Å². The first-order valence-corrected chi connectivity index (χ1v) is 8.74. The molecule has 0 saturated carbocycles. The fourth-order valence-corrected chi connectivity index (χ4v) is 3.61. The third kappa shape index (κ3) is 3.42. The van der Waals surface area contributed by atoms with Crippen molar-refractivity contribution in [1.29, 1.82) is 0 Å². The average molecular weight is 359 g/mol. The van der Waals surface area contributed by atoms with E-state index in [0.717, 1.165) is 12.8 Å². The maximum Gasteiger partial charge on any atom is 0.266 e. The van der Waals surface area contributed by atoms with E-state index in [-0.39, 0.29) is 17.6 Å². The summed E-state index contributed by atoms with van der Waals surface area (Å²) < 4.78 is 18.4. The minimum Gasteiger partial charge on any atom is -0.472 e. The van der Waals surface area contributed by atoms with Gasteiger partial charge in [0.05, 0.1) is 44.2 Å². The van der Waals surface area contributed by atoms with Gasteiger partial charge in [-0.25, -0.2) is 4.68 Å². The molecule has 1 spiro atoms. The molecule has 2 aromatic rings. The molecule has 1 amide bonds. The average Bonchev–Trinajstić information content (AvgIpc) is 3.25. The number of ether oxygens (including phenoxy) is 2. The van der Waals surface area contributed by atoms with Crippen LogP contribution in [0.25, 0.3) is 0 Å². The molecule has 2 aliphatic heterocycles. The summed E-state index contributed by atoms with van der Waals surface area (Å²) in [5.74, 6) is -0.0865. The first-order valence-electron chi connectivity index (χ1n) is 8.74. The second-order valence-electron chi connectivity index (χ2n) is 6.80. The van der Waals surface area contributed by atoms with Crippen molar-refractivity contribution >= 4 is 5.91 Å². The van der Waals surface area contributed by atoms with Crippen molar-refractivity contribution in [2.75, 3.05) is 26.3 Å². The van der Waals surface area contributed by atoms with Gasteiger partial charge in [-0.1, -0.05) is 0 Å². The van der Waals surface area contributed by atoms with Gasteiger partial charge >= 0.3 is 0 Å². The topological polar surface area (TPSA) is 86.8 Å². The van der Waals surface area contributed by atoms with Crippen LogP contribution in [0.2, 0.25) is 0 Å². The van der Waals surface area contributed by atoms with Gasteiger partial charge < -0.3 is 18.8 Å². The largest absolute Gasteiger partial charge is 0.472 e. The van der Waals surface area contributed by atoms with Crippen LogP contribution < -0.4 is 5.56 Å². The SMILES string of the molecule is O=C(c1ccoc1)N1CCOC[C@@]2(CC[C@H](Cn3ncccc3=O)O2)C1. The van der Waals surface area contributed by atoms with Crippen LogP contribution in [0, 0.1) is 0 Å². The molecule has 26 heavy (non-hydrogen) atoms. The van der Waals surface area contributed by atoms with Crippen molar-refractivity contribution in [2.45, 2.75) is 31.1 Å². The zero-order valence-electron chi connectivity index (χ0n) is 14.4. The lowest BCUT2D eigenvalue weighted by Gasteiger charge is -2.31. The van der Waals surface area contributed by atoms with Crippen molar-refractivity contribution in [3.63, 3.8) is 0 Å². The third-order valence-corrected chi connectivity index (χ3v) is 4.91. The monoisotopic (exact) mass is 359 g/mol. The van der Waals surface area contributed by atoms with Crippen molar-refractivity contribution < 1.29 is 18.7 Å². The van der Waals surface area contributed by atoms with E-state index in [1.54, 1.807) is 23.2 Å². The molecule has 0 radical (unpaired) electrons. The molecule has 138 valence electrons. The second-order valence-corrected chi connectivity index (χ2v) is 6.80. The van der Waals surface area contributed by atoms with E-state index in [1.807, 2.05) is 0 Å². The Hall–Kier alpha value is -2.45. The van der Waals surface area contributed by atoms with Gasteiger partial charge in [-0.2, -0.15) is 5.10 Å². The zero-order valence-corrected chi connectivity index (χ0v) is 14.4. The van der Waals surface area contributed by atoms with E-state index in [1.165, 1.54) is 23.3 Å². The van der Waals surface area contributed by atoms with Gasteiger partial charge in [-0.05, 0) is 25.0 Å². The summed E-state index contributed by atoms with van der Waals surface area (Å²) in [6, 6.07) is 4.76. The Morgan fingerprint density at radius 3 is 3.12 bits per heavy atom. The number of hydrogen-bond acceptors (Lipinski definition) is 6. The fraction of sp³-hybridized carbons (Fsp3) is 0.500. The molecule has 0 N–H and O–H groups in total. The Bertz CT molecular complexity index is 818. The molecule has 0 aliphatic carbocycles. The van der Waals surface area contributed by atoms with Gasteiger partial charge in [0.15, 0.2) is 0 Å². The number of carbonyl (C=O) groups is 1. The van der Waals surface area contributed by atoms with Gasteiger partial charge in [0.1, 0.15) is 11.9 Å². The Morgan fingerprint density at radius 1 is 1.38 bits per heavy atom. The molecule has 8 nitrogen and oxygen atoms in total. The molecule has 0 aromatic carbocycles. The van der Waals surface area contributed by atoms with Crippen LogP contribution in [0.5, 0.6) is 0 Å². The van der Waals surface area contributed by atoms with Gasteiger partial charge in [-0.15, -0.1) is 0 Å². The summed E-state index contributed by atoms with van der Waals surface area (Å²) in [4.78, 5) is 26.3. The highest BCUT2D eigenvalue weighted by Crippen LogP contribution is 2.33. The fourth-order valence-electron chi connectivity index (χ4n) is 3.61. The lowest BCUT2D eigenvalue weighted by Crippen LogP contribution is -2.47. The summed E-state index contributed by atoms with van der Waals surface area (Å²) in [6.07, 6.45) is 5.97. The minimum atomic E-state index is -0.543. The molecule has 2 fully saturated rings. The highest BCUT2D eigenvalue weighted by molar-refractivity contribution is 5.93. The number of nitrogens with zero attached hydrogens (tertiary/aromatic N) is 3. The summed E-state index contributed by atoms with van der Waals surface area (Å²) in [5.41, 5.74) is -0.165. The summed E-state index contributed by atoms with van der Waals surface area (Å²) in [6.45, 7) is 2.29. The lowest BCUT2D eigenvalue weighted by atomic mass is 10.00. The molecule has 8 heteroatoms. The number of amides is 1. The molecule has 2 saturated heterocycles. The molecule has 2 aromatic heterocycles. The molecule has 2 atom stereocenters. The molecule has 4 rings (SSSR count). The summed E-state index contributed by atoms with van der Waals surface area (Å²) in [5, 5.41) is 4.09. The highest BCUT2D eigenvalue weighted by Gasteiger charge is 2.44. The van der Waals surface area contributed by atoms with Crippen molar-refractivity contribution in [3.05, 3.63) is 52.8 Å². The van der Waals surface area contributed by atoms with E-state index in [9.17, 15) is 9.59 Å². The summed E-state index contributed by atoms with van der Waals surface area (Å²) >= 11 is 0. The Balaban J connectivity index is 1.46. The van der Waals surface area contributed by atoms with Crippen molar-refractivity contribution in [1.82, 2.24) is 14.7 Å². The van der Waals surface area contributed by atoms with Gasteiger partial charge in [0, 0.05) is 18.8 Å². The standard InChI is InChI=1S/C18H21N3O5/c22-16-2-1-6-19-21(16)10-15-3-5-18(26-15)12-20(7-9-25-13-18)17(23)14-4-8-24-11-14/h1-2,4,6,8,11,15H,3,5,7,9-10,12-13H2/t15-,18-/m1/s1. The predicted molar refractivity (Wildman–Crippen MR) is 90.8 cm³/mol. The van der Waals surface area contributed by atoms with E-state index in [4.69, 9.17) is 13.9 Å². The lowest BCUT2D eigenvalue weighted by molar-refractivity contribution is -0.0883. The van der Waals surface area contributed by atoms with Crippen molar-refractivity contribution in [2.24, 2.45) is 0 Å². The number of furan rings is 1. The quantitative estimate of drug-likeness (QED) is 0.810. The van der Waals surface area contributed by atoms with Gasteiger partial charge in [0.2, 0.25) is 0 Å². The molecule has 4 heterocycles. The van der Waals surface area contributed by atoms with Crippen LogP contribution in [-0.4, -0.2) is 58.6 Å². The second kappa shape index (κ2) is 7.05. The predicted octanol–water partition coefficient (Wildman–Crippen LogP) is 0.927. The smallest absolute Gasteiger partial charge is 0.266 e. The molecular formula is C18H21N3O5. The Kier molecular flexibility index (Phi) is 4.60. The van der Waals surface area contributed by atoms with Crippen LogP contribution in [0.1, 0.15) is 23.2 Å². The van der Waals surface area contributed by atoms with Crippen LogP contribution >= 0.6 is 0 Å². The minimum absolute atomic E-state index is 0.0865. The Labute approximate surface area is 150 Å². The normalized spacial score (nSPS) is 26.2. The number of hydrogen-bond donors (Lipinski definition) is 0. The van der Waals surface area contributed by atoms with Crippen LogP contribution in [0.4, 0.5) is 0 Å². The molecule has 0 unspecified atom stereocenters. The van der Waals surface area contributed by atoms with E-state index in [2.05, 4.69) is 5.10 Å². The number of carbonyl (C=O) groups excluding carboxylic acids is 1. The van der Waals surface area contributed by atoms with Gasteiger partial charge in [-0.3, -0.25) is 9.59 Å². The van der Waals surface area contributed by atoms with E-state index >= 15 is 0 Å². The van der Waals surface area contributed by atoms with Crippen LogP contribution in [0.3, 0.4) is 0 Å². The van der Waals surface area contributed by atoms with Crippen LogP contribution in [0.15, 0.2) is 46.1 Å². The van der Waals surface area contributed by atoms with Gasteiger partial charge in [0.25, 0.3) is 11.5 Å². The summed E-state index contributed by atoms with van der Waals surface area (Å²) in [7, 11) is 0. The van der Waals surface area contributed by atoms with E-state index < -0.39 is 5.60 Å². The van der Waals surface area contributed by atoms with E-state index in [0.29, 0.717) is 38.4 Å². The zero-order chi connectivity index (χ0) is 18.0.